The van der Waals surface area contributed by atoms with Crippen LogP contribution in [-0.2, 0) is 13.2 Å². The molecule has 0 fully saturated rings. The summed E-state index contributed by atoms with van der Waals surface area (Å²) >= 11 is 15.6. The minimum Gasteiger partial charge on any atom is -0.489 e. The van der Waals surface area contributed by atoms with Gasteiger partial charge in [0.1, 0.15) is 12.4 Å². The van der Waals surface area contributed by atoms with Crippen LogP contribution < -0.4 is 15.4 Å². The van der Waals surface area contributed by atoms with Crippen molar-refractivity contribution in [1.29, 1.82) is 0 Å². The van der Waals surface area contributed by atoms with E-state index in [1.54, 1.807) is 12.1 Å². The Morgan fingerprint density at radius 1 is 0.960 bits per heavy atom. The van der Waals surface area contributed by atoms with Gasteiger partial charge in [-0.15, -0.1) is 0 Å². The number of nitrogens with one attached hydrogen (secondary N) is 2. The molecule has 0 aliphatic carbocycles. The van der Waals surface area contributed by atoms with Crippen LogP contribution in [0.4, 0.5) is 0 Å². The standard InChI is InChI=1S/C18H21BrCl2N2O2/c19-15-2-4-18(14(9-15)11-23-6-5-22-7-8-24)25-12-13-1-3-16(20)10-17(13)21/h1-4,9-10,22-24H,5-8,11-12H2. The summed E-state index contributed by atoms with van der Waals surface area (Å²) in [7, 11) is 0. The van der Waals surface area contributed by atoms with E-state index in [9.17, 15) is 0 Å². The third-order valence-electron chi connectivity index (χ3n) is 3.50. The second kappa shape index (κ2) is 11.0. The van der Waals surface area contributed by atoms with Crippen molar-refractivity contribution in [3.8, 4) is 5.75 Å². The van der Waals surface area contributed by atoms with E-state index in [1.807, 2.05) is 24.3 Å². The summed E-state index contributed by atoms with van der Waals surface area (Å²) < 4.78 is 6.96. The minimum absolute atomic E-state index is 0.150. The van der Waals surface area contributed by atoms with Crippen molar-refractivity contribution in [3.05, 3.63) is 62.0 Å². The van der Waals surface area contributed by atoms with Crippen molar-refractivity contribution in [2.75, 3.05) is 26.2 Å². The van der Waals surface area contributed by atoms with Gasteiger partial charge in [0.25, 0.3) is 0 Å². The average Bonchev–Trinajstić information content (AvgIpc) is 2.58. The molecule has 7 heteroatoms. The predicted molar refractivity (Wildman–Crippen MR) is 107 cm³/mol. The molecule has 4 nitrogen and oxygen atoms in total. The zero-order chi connectivity index (χ0) is 18.1. The van der Waals surface area contributed by atoms with Crippen molar-refractivity contribution in [3.63, 3.8) is 0 Å². The molecule has 0 aromatic heterocycles. The second-order valence-corrected chi connectivity index (χ2v) is 7.19. The molecule has 2 rings (SSSR count). The van der Waals surface area contributed by atoms with E-state index in [0.29, 0.717) is 29.7 Å². The summed E-state index contributed by atoms with van der Waals surface area (Å²) in [6.07, 6.45) is 0. The molecule has 0 radical (unpaired) electrons. The first-order valence-corrected chi connectivity index (χ1v) is 9.52. The highest BCUT2D eigenvalue weighted by Gasteiger charge is 2.07. The molecule has 0 aliphatic heterocycles. The lowest BCUT2D eigenvalue weighted by atomic mass is 10.2. The molecule has 3 N–H and O–H groups in total. The van der Waals surface area contributed by atoms with Gasteiger partial charge in [-0.1, -0.05) is 45.2 Å². The van der Waals surface area contributed by atoms with Crippen molar-refractivity contribution >= 4 is 39.1 Å². The van der Waals surface area contributed by atoms with Gasteiger partial charge in [0.2, 0.25) is 0 Å². The van der Waals surface area contributed by atoms with Crippen LogP contribution in [0.1, 0.15) is 11.1 Å². The molecule has 0 spiro atoms. The van der Waals surface area contributed by atoms with E-state index in [4.69, 9.17) is 33.0 Å². The van der Waals surface area contributed by atoms with E-state index in [-0.39, 0.29) is 6.61 Å². The number of ether oxygens (including phenoxy) is 1. The van der Waals surface area contributed by atoms with Gasteiger partial charge in [-0.05, 0) is 30.3 Å². The van der Waals surface area contributed by atoms with Gasteiger partial charge in [0.05, 0.1) is 6.61 Å². The highest BCUT2D eigenvalue weighted by molar-refractivity contribution is 9.10. The molecule has 0 heterocycles. The number of hydrogen-bond acceptors (Lipinski definition) is 4. The SMILES string of the molecule is OCCNCCNCc1cc(Br)ccc1OCc1ccc(Cl)cc1Cl. The van der Waals surface area contributed by atoms with Gasteiger partial charge in [0.15, 0.2) is 0 Å². The van der Waals surface area contributed by atoms with E-state index < -0.39 is 0 Å². The number of hydrogen-bond donors (Lipinski definition) is 3. The smallest absolute Gasteiger partial charge is 0.124 e. The van der Waals surface area contributed by atoms with Crippen LogP contribution in [-0.4, -0.2) is 31.3 Å². The Hall–Kier alpha value is -0.820. The lowest BCUT2D eigenvalue weighted by Crippen LogP contribution is -2.28. The Bertz CT molecular complexity index is 686. The Morgan fingerprint density at radius 2 is 1.76 bits per heavy atom. The van der Waals surface area contributed by atoms with Crippen LogP contribution in [0.15, 0.2) is 40.9 Å². The molecule has 0 amide bonds. The Balaban J connectivity index is 1.93. The quantitative estimate of drug-likeness (QED) is 0.481. The first kappa shape index (κ1) is 20.5. The van der Waals surface area contributed by atoms with Crippen molar-refractivity contribution in [2.24, 2.45) is 0 Å². The summed E-state index contributed by atoms with van der Waals surface area (Å²) in [5.74, 6) is 0.810. The molecular weight excluding hydrogens is 427 g/mol. The molecule has 0 aliphatic rings. The Labute approximate surface area is 166 Å². The van der Waals surface area contributed by atoms with Crippen LogP contribution in [0, 0.1) is 0 Å². The monoisotopic (exact) mass is 446 g/mol. The van der Waals surface area contributed by atoms with Gasteiger partial charge in [-0.3, -0.25) is 0 Å². The first-order valence-electron chi connectivity index (χ1n) is 7.97. The number of aliphatic hydroxyl groups is 1. The molecule has 136 valence electrons. The van der Waals surface area contributed by atoms with Gasteiger partial charge in [-0.25, -0.2) is 0 Å². The van der Waals surface area contributed by atoms with Crippen LogP contribution in [0.2, 0.25) is 10.0 Å². The summed E-state index contributed by atoms with van der Waals surface area (Å²) in [5, 5.41) is 16.4. The Morgan fingerprint density at radius 3 is 2.52 bits per heavy atom. The van der Waals surface area contributed by atoms with E-state index in [1.165, 1.54) is 0 Å². The largest absolute Gasteiger partial charge is 0.489 e. The summed E-state index contributed by atoms with van der Waals surface area (Å²) in [5.41, 5.74) is 1.95. The average molecular weight is 448 g/mol. The van der Waals surface area contributed by atoms with Crippen LogP contribution in [0.3, 0.4) is 0 Å². The number of aliphatic hydroxyl groups excluding tert-OH is 1. The molecule has 25 heavy (non-hydrogen) atoms. The van der Waals surface area contributed by atoms with Crippen molar-refractivity contribution in [1.82, 2.24) is 10.6 Å². The molecule has 0 saturated carbocycles. The molecule has 0 saturated heterocycles. The van der Waals surface area contributed by atoms with Gasteiger partial charge < -0.3 is 20.5 Å². The molecule has 0 unspecified atom stereocenters. The molecule has 2 aromatic carbocycles. The number of rotatable bonds is 10. The lowest BCUT2D eigenvalue weighted by Gasteiger charge is -2.14. The maximum absolute atomic E-state index is 8.73. The number of benzene rings is 2. The van der Waals surface area contributed by atoms with Gasteiger partial charge in [-0.2, -0.15) is 0 Å². The highest BCUT2D eigenvalue weighted by atomic mass is 79.9. The highest BCUT2D eigenvalue weighted by Crippen LogP contribution is 2.26. The normalized spacial score (nSPS) is 10.9. The second-order valence-electron chi connectivity index (χ2n) is 5.43. The van der Waals surface area contributed by atoms with E-state index in [2.05, 4.69) is 26.6 Å². The third-order valence-corrected chi connectivity index (χ3v) is 4.58. The fourth-order valence-corrected chi connectivity index (χ4v) is 3.10. The van der Waals surface area contributed by atoms with Gasteiger partial charge in [0, 0.05) is 51.8 Å². The van der Waals surface area contributed by atoms with Crippen LogP contribution >= 0.6 is 39.1 Å². The third kappa shape index (κ3) is 7.13. The summed E-state index contributed by atoms with van der Waals surface area (Å²) in [6.45, 7) is 3.42. The summed E-state index contributed by atoms with van der Waals surface area (Å²) in [4.78, 5) is 0. The van der Waals surface area contributed by atoms with E-state index in [0.717, 1.165) is 34.4 Å². The minimum atomic E-state index is 0.150. The predicted octanol–water partition coefficient (Wildman–Crippen LogP) is 4.01. The molecule has 0 atom stereocenters. The van der Waals surface area contributed by atoms with Gasteiger partial charge >= 0.3 is 0 Å². The first-order chi connectivity index (χ1) is 12.1. The van der Waals surface area contributed by atoms with Crippen molar-refractivity contribution in [2.45, 2.75) is 13.2 Å². The topological polar surface area (TPSA) is 53.5 Å². The Kier molecular flexibility index (Phi) is 9.03. The maximum Gasteiger partial charge on any atom is 0.124 e. The zero-order valence-electron chi connectivity index (χ0n) is 13.7. The maximum atomic E-state index is 8.73. The lowest BCUT2D eigenvalue weighted by molar-refractivity contribution is 0.292. The summed E-state index contributed by atoms with van der Waals surface area (Å²) in [6, 6.07) is 11.3. The fourth-order valence-electron chi connectivity index (χ4n) is 2.23. The van der Waals surface area contributed by atoms with E-state index >= 15 is 0 Å². The van der Waals surface area contributed by atoms with Crippen LogP contribution in [0.5, 0.6) is 5.75 Å². The number of halogens is 3. The molecular formula is C18H21BrCl2N2O2. The zero-order valence-corrected chi connectivity index (χ0v) is 16.8. The van der Waals surface area contributed by atoms with Crippen LogP contribution in [0.25, 0.3) is 0 Å². The fraction of sp³-hybridized carbons (Fsp3) is 0.333. The van der Waals surface area contributed by atoms with Crippen molar-refractivity contribution < 1.29 is 9.84 Å². The molecule has 0 bridgehead atoms. The molecule has 2 aromatic rings.